The predicted molar refractivity (Wildman–Crippen MR) is 112 cm³/mol. The van der Waals surface area contributed by atoms with Crippen LogP contribution in [0, 0.1) is 5.92 Å². The second-order valence-electron chi connectivity index (χ2n) is 7.31. The molecule has 5 heteroatoms. The Kier molecular flexibility index (Phi) is 9.50. The van der Waals surface area contributed by atoms with Gasteiger partial charge in [0.05, 0.1) is 0 Å². The van der Waals surface area contributed by atoms with Crippen molar-refractivity contribution < 1.29 is 0 Å². The third-order valence-electron chi connectivity index (χ3n) is 5.10. The first kappa shape index (κ1) is 20.7. The van der Waals surface area contributed by atoms with Crippen LogP contribution in [0.4, 0.5) is 0 Å². The molecule has 2 rings (SSSR count). The molecule has 1 atom stereocenters. The number of aryl methyl sites for hydroxylation is 1. The second kappa shape index (κ2) is 11.9. The van der Waals surface area contributed by atoms with Crippen LogP contribution in [0.3, 0.4) is 0 Å². The molecule has 0 amide bonds. The summed E-state index contributed by atoms with van der Waals surface area (Å²) < 4.78 is 0. The van der Waals surface area contributed by atoms with Gasteiger partial charge in [0.25, 0.3) is 0 Å². The van der Waals surface area contributed by atoms with E-state index in [0.717, 1.165) is 38.4 Å². The fourth-order valence-electron chi connectivity index (χ4n) is 3.43. The maximum Gasteiger partial charge on any atom is 0.190 e. The predicted octanol–water partition coefficient (Wildman–Crippen LogP) is 2.06. The van der Waals surface area contributed by atoms with Gasteiger partial charge in [0.2, 0.25) is 0 Å². The number of rotatable bonds is 9. The Morgan fingerprint density at radius 3 is 2.42 bits per heavy atom. The maximum absolute atomic E-state index is 4.35. The van der Waals surface area contributed by atoms with Crippen molar-refractivity contribution in [1.82, 2.24) is 20.4 Å². The zero-order valence-corrected chi connectivity index (χ0v) is 16.9. The van der Waals surface area contributed by atoms with Crippen LogP contribution < -0.4 is 10.6 Å². The first-order valence-corrected chi connectivity index (χ1v) is 10.1. The highest BCUT2D eigenvalue weighted by Crippen LogP contribution is 2.05. The first-order chi connectivity index (χ1) is 12.7. The Balaban J connectivity index is 1.57. The minimum atomic E-state index is 0.617. The molecule has 1 aliphatic heterocycles. The SMILES string of the molecule is CCN1CCN(CC(C)CNC(=NC)NCCCc2ccccc2)CC1. The van der Waals surface area contributed by atoms with Crippen LogP contribution in [0.25, 0.3) is 0 Å². The number of guanidine groups is 1. The summed E-state index contributed by atoms with van der Waals surface area (Å²) in [4.78, 5) is 9.47. The second-order valence-corrected chi connectivity index (χ2v) is 7.31. The molecule has 0 saturated carbocycles. The van der Waals surface area contributed by atoms with Gasteiger partial charge in [-0.15, -0.1) is 0 Å². The fourth-order valence-corrected chi connectivity index (χ4v) is 3.43. The summed E-state index contributed by atoms with van der Waals surface area (Å²) in [6.07, 6.45) is 2.22. The van der Waals surface area contributed by atoms with Gasteiger partial charge in [-0.05, 0) is 30.9 Å². The van der Waals surface area contributed by atoms with Crippen molar-refractivity contribution in [3.8, 4) is 0 Å². The summed E-state index contributed by atoms with van der Waals surface area (Å²) in [6.45, 7) is 13.6. The summed E-state index contributed by atoms with van der Waals surface area (Å²) in [5.41, 5.74) is 1.40. The Morgan fingerprint density at radius 2 is 1.77 bits per heavy atom. The number of hydrogen-bond donors (Lipinski definition) is 2. The largest absolute Gasteiger partial charge is 0.356 e. The quantitative estimate of drug-likeness (QED) is 0.402. The highest BCUT2D eigenvalue weighted by atomic mass is 15.3. The first-order valence-electron chi connectivity index (χ1n) is 10.1. The molecule has 0 aliphatic carbocycles. The van der Waals surface area contributed by atoms with Gasteiger partial charge in [-0.1, -0.05) is 44.2 Å². The summed E-state index contributed by atoms with van der Waals surface area (Å²) >= 11 is 0. The molecule has 5 nitrogen and oxygen atoms in total. The molecule has 0 bridgehead atoms. The van der Waals surface area contributed by atoms with Crippen LogP contribution >= 0.6 is 0 Å². The number of nitrogens with one attached hydrogen (secondary N) is 2. The molecule has 2 N–H and O–H groups in total. The van der Waals surface area contributed by atoms with Crippen molar-refractivity contribution in [3.05, 3.63) is 35.9 Å². The highest BCUT2D eigenvalue weighted by molar-refractivity contribution is 5.79. The summed E-state index contributed by atoms with van der Waals surface area (Å²) in [6, 6.07) is 10.7. The van der Waals surface area contributed by atoms with Gasteiger partial charge in [0, 0.05) is 52.9 Å². The normalized spacial score (nSPS) is 17.9. The van der Waals surface area contributed by atoms with E-state index >= 15 is 0 Å². The van der Waals surface area contributed by atoms with Gasteiger partial charge in [0.15, 0.2) is 5.96 Å². The molecule has 0 radical (unpaired) electrons. The van der Waals surface area contributed by atoms with Crippen LogP contribution in [0.15, 0.2) is 35.3 Å². The Morgan fingerprint density at radius 1 is 1.08 bits per heavy atom. The number of hydrogen-bond acceptors (Lipinski definition) is 3. The minimum absolute atomic E-state index is 0.617. The molecule has 146 valence electrons. The molecule has 1 fully saturated rings. The lowest BCUT2D eigenvalue weighted by molar-refractivity contribution is 0.124. The van der Waals surface area contributed by atoms with Crippen molar-refractivity contribution in [2.24, 2.45) is 10.9 Å². The van der Waals surface area contributed by atoms with E-state index in [0.29, 0.717) is 5.92 Å². The van der Waals surface area contributed by atoms with E-state index in [4.69, 9.17) is 0 Å². The van der Waals surface area contributed by atoms with E-state index in [-0.39, 0.29) is 0 Å². The zero-order valence-electron chi connectivity index (χ0n) is 16.9. The summed E-state index contributed by atoms with van der Waals surface area (Å²) in [7, 11) is 1.85. The van der Waals surface area contributed by atoms with E-state index in [1.165, 1.54) is 38.3 Å². The van der Waals surface area contributed by atoms with Gasteiger partial charge >= 0.3 is 0 Å². The monoisotopic (exact) mass is 359 g/mol. The van der Waals surface area contributed by atoms with E-state index in [1.54, 1.807) is 0 Å². The molecule has 0 aromatic heterocycles. The number of benzene rings is 1. The lowest BCUT2D eigenvalue weighted by Gasteiger charge is -2.35. The molecular weight excluding hydrogens is 322 g/mol. The third-order valence-corrected chi connectivity index (χ3v) is 5.10. The van der Waals surface area contributed by atoms with Crippen LogP contribution in [-0.2, 0) is 6.42 Å². The van der Waals surface area contributed by atoms with Crippen molar-refractivity contribution in [1.29, 1.82) is 0 Å². The van der Waals surface area contributed by atoms with Crippen LogP contribution in [0.5, 0.6) is 0 Å². The van der Waals surface area contributed by atoms with Crippen molar-refractivity contribution in [2.75, 3.05) is 59.4 Å². The van der Waals surface area contributed by atoms with Crippen molar-refractivity contribution >= 4 is 5.96 Å². The van der Waals surface area contributed by atoms with E-state index in [9.17, 15) is 0 Å². The average Bonchev–Trinajstić information content (AvgIpc) is 2.69. The van der Waals surface area contributed by atoms with Gasteiger partial charge in [-0.2, -0.15) is 0 Å². The molecule has 1 heterocycles. The number of likely N-dealkylation sites (N-methyl/N-ethyl adjacent to an activating group) is 1. The highest BCUT2D eigenvalue weighted by Gasteiger charge is 2.17. The maximum atomic E-state index is 4.35. The minimum Gasteiger partial charge on any atom is -0.356 e. The van der Waals surface area contributed by atoms with Crippen molar-refractivity contribution in [2.45, 2.75) is 26.7 Å². The number of piperazine rings is 1. The van der Waals surface area contributed by atoms with E-state index in [1.807, 2.05) is 7.05 Å². The third kappa shape index (κ3) is 7.75. The standard InChI is InChI=1S/C21H37N5/c1-4-25-13-15-26(16-14-25)18-19(2)17-24-21(22-3)23-12-8-11-20-9-6-5-7-10-20/h5-7,9-10,19H,4,8,11-18H2,1-3H3,(H2,22,23,24). The average molecular weight is 360 g/mol. The molecule has 26 heavy (non-hydrogen) atoms. The van der Waals surface area contributed by atoms with Crippen LogP contribution in [0.2, 0.25) is 0 Å². The zero-order chi connectivity index (χ0) is 18.6. The Bertz CT molecular complexity index is 508. The van der Waals surface area contributed by atoms with Crippen LogP contribution in [-0.4, -0.2) is 75.2 Å². The van der Waals surface area contributed by atoms with Gasteiger partial charge in [0.1, 0.15) is 0 Å². The lowest BCUT2D eigenvalue weighted by Crippen LogP contribution is -2.48. The molecule has 0 spiro atoms. The molecule has 1 unspecified atom stereocenters. The van der Waals surface area contributed by atoms with E-state index in [2.05, 4.69) is 69.6 Å². The molecule has 1 saturated heterocycles. The number of aliphatic imine (C=N–C) groups is 1. The molecule has 1 aromatic carbocycles. The Labute approximate surface area is 159 Å². The van der Waals surface area contributed by atoms with Gasteiger partial charge in [-0.3, -0.25) is 4.99 Å². The van der Waals surface area contributed by atoms with E-state index < -0.39 is 0 Å². The topological polar surface area (TPSA) is 42.9 Å². The lowest BCUT2D eigenvalue weighted by atomic mass is 10.1. The van der Waals surface area contributed by atoms with Gasteiger partial charge in [-0.25, -0.2) is 0 Å². The Hall–Kier alpha value is -1.59. The molecular formula is C21H37N5. The van der Waals surface area contributed by atoms with Crippen LogP contribution in [0.1, 0.15) is 25.8 Å². The summed E-state index contributed by atoms with van der Waals surface area (Å²) in [5, 5.41) is 6.91. The molecule has 1 aliphatic rings. The smallest absolute Gasteiger partial charge is 0.190 e. The number of nitrogens with zero attached hydrogens (tertiary/aromatic N) is 3. The summed E-state index contributed by atoms with van der Waals surface area (Å²) in [5.74, 6) is 1.53. The fraction of sp³-hybridized carbons (Fsp3) is 0.667. The molecule has 1 aromatic rings. The van der Waals surface area contributed by atoms with Crippen molar-refractivity contribution in [3.63, 3.8) is 0 Å². The van der Waals surface area contributed by atoms with Gasteiger partial charge < -0.3 is 20.4 Å².